The van der Waals surface area contributed by atoms with Gasteiger partial charge in [-0.2, -0.15) is 5.10 Å². The second-order valence-electron chi connectivity index (χ2n) is 6.10. The van der Waals surface area contributed by atoms with Gasteiger partial charge < -0.3 is 19.7 Å². The highest BCUT2D eigenvalue weighted by atomic mass is 16.5. The van der Waals surface area contributed by atoms with Crippen LogP contribution in [0.25, 0.3) is 5.69 Å². The zero-order valence-electron chi connectivity index (χ0n) is 14.5. The van der Waals surface area contributed by atoms with Crippen molar-refractivity contribution in [3.63, 3.8) is 0 Å². The van der Waals surface area contributed by atoms with Crippen LogP contribution >= 0.6 is 0 Å². The number of nitrogens with zero attached hydrogens (tertiary/aromatic N) is 4. The molecule has 0 aliphatic carbocycles. The molecule has 27 heavy (non-hydrogen) atoms. The van der Waals surface area contributed by atoms with E-state index in [2.05, 4.69) is 15.1 Å². The molecule has 0 bridgehead atoms. The molecule has 0 saturated carbocycles. The lowest BCUT2D eigenvalue weighted by Gasteiger charge is -2.31. The van der Waals surface area contributed by atoms with E-state index in [4.69, 9.17) is 4.74 Å². The van der Waals surface area contributed by atoms with E-state index in [-0.39, 0.29) is 6.54 Å². The first-order valence-electron chi connectivity index (χ1n) is 8.34. The predicted molar refractivity (Wildman–Crippen MR) is 93.8 cm³/mol. The molecule has 0 spiro atoms. The Hall–Kier alpha value is -3.62. The van der Waals surface area contributed by atoms with Crippen molar-refractivity contribution in [2.45, 2.75) is 12.5 Å². The summed E-state index contributed by atoms with van der Waals surface area (Å²) in [4.78, 5) is 33.1. The summed E-state index contributed by atoms with van der Waals surface area (Å²) in [5.41, 5.74) is 2.10. The molecule has 1 aromatic carbocycles. The van der Waals surface area contributed by atoms with E-state index in [1.165, 1.54) is 22.1 Å². The van der Waals surface area contributed by atoms with E-state index < -0.39 is 17.9 Å². The fourth-order valence-corrected chi connectivity index (χ4v) is 3.30. The first kappa shape index (κ1) is 16.8. The van der Waals surface area contributed by atoms with Crippen molar-refractivity contribution in [1.82, 2.24) is 24.6 Å². The molecule has 9 nitrogen and oxygen atoms in total. The number of carboxylic acid groups (broad SMARTS) is 1. The minimum absolute atomic E-state index is 0.283. The van der Waals surface area contributed by atoms with Gasteiger partial charge in [-0.05, 0) is 12.1 Å². The van der Waals surface area contributed by atoms with Crippen molar-refractivity contribution in [1.29, 1.82) is 0 Å². The third-order valence-electron chi connectivity index (χ3n) is 4.58. The Kier molecular flexibility index (Phi) is 4.11. The number of H-pyrrole nitrogens is 1. The molecule has 1 aliphatic heterocycles. The molecule has 1 atom stereocenters. The molecule has 3 aromatic rings. The zero-order chi connectivity index (χ0) is 19.0. The molecule has 1 amide bonds. The molecule has 9 heteroatoms. The first-order chi connectivity index (χ1) is 13.1. The maximum atomic E-state index is 13.0. The molecule has 0 fully saturated rings. The van der Waals surface area contributed by atoms with E-state index in [0.717, 1.165) is 5.69 Å². The van der Waals surface area contributed by atoms with E-state index in [1.807, 2.05) is 18.2 Å². The van der Waals surface area contributed by atoms with Crippen LogP contribution in [0, 0.1) is 0 Å². The number of hydrogen-bond acceptors (Lipinski definition) is 5. The minimum atomic E-state index is -1.12. The number of aromatic amines is 1. The number of ether oxygens (including phenoxy) is 1. The van der Waals surface area contributed by atoms with Gasteiger partial charge in [0.15, 0.2) is 6.04 Å². The van der Waals surface area contributed by atoms with Crippen molar-refractivity contribution in [3.8, 4) is 11.4 Å². The molecule has 138 valence electrons. The Morgan fingerprint density at radius 1 is 1.33 bits per heavy atom. The van der Waals surface area contributed by atoms with Gasteiger partial charge in [-0.1, -0.05) is 12.1 Å². The van der Waals surface area contributed by atoms with Crippen LogP contribution in [0.1, 0.15) is 27.8 Å². The third-order valence-corrected chi connectivity index (χ3v) is 4.58. The monoisotopic (exact) mass is 367 g/mol. The number of hydrogen-bond donors (Lipinski definition) is 2. The third kappa shape index (κ3) is 2.82. The number of rotatable bonds is 4. The number of carbonyl (C=O) groups excluding carboxylic acids is 1. The average Bonchev–Trinajstić information content (AvgIpc) is 3.35. The molecule has 2 N–H and O–H groups in total. The summed E-state index contributed by atoms with van der Waals surface area (Å²) >= 11 is 0. The van der Waals surface area contributed by atoms with Gasteiger partial charge >= 0.3 is 5.97 Å². The topological polar surface area (TPSA) is 113 Å². The Morgan fingerprint density at radius 3 is 2.93 bits per heavy atom. The van der Waals surface area contributed by atoms with Crippen molar-refractivity contribution in [2.75, 3.05) is 13.7 Å². The number of nitrogens with one attached hydrogen (secondary N) is 1. The smallest absolute Gasteiger partial charge is 0.332 e. The van der Waals surface area contributed by atoms with Crippen LogP contribution in [-0.4, -0.2) is 55.3 Å². The molecule has 3 heterocycles. The van der Waals surface area contributed by atoms with Gasteiger partial charge in [0.2, 0.25) is 0 Å². The lowest BCUT2D eigenvalue weighted by atomic mass is 10.0. The van der Waals surface area contributed by atoms with Gasteiger partial charge in [0.05, 0.1) is 30.9 Å². The number of benzene rings is 1. The van der Waals surface area contributed by atoms with E-state index in [9.17, 15) is 14.7 Å². The lowest BCUT2D eigenvalue weighted by molar-refractivity contribution is -0.143. The second kappa shape index (κ2) is 6.60. The molecular weight excluding hydrogens is 350 g/mol. The highest BCUT2D eigenvalue weighted by molar-refractivity contribution is 5.96. The standard InChI is InChI=1S/C18H17N5O4/c1-27-14-5-3-2-4-13(14)23-9-11(8-21-23)17(24)22-7-6-12-15(20-10-19-12)16(22)18(25)26/h2-5,8-10,16H,6-7H2,1H3,(H,19,20)(H,25,26). The second-order valence-corrected chi connectivity index (χ2v) is 6.10. The zero-order valence-corrected chi connectivity index (χ0v) is 14.5. The maximum absolute atomic E-state index is 13.0. The van der Waals surface area contributed by atoms with Crippen LogP contribution in [0.3, 0.4) is 0 Å². The Balaban J connectivity index is 1.66. The summed E-state index contributed by atoms with van der Waals surface area (Å²) in [7, 11) is 1.56. The molecule has 1 aliphatic rings. The Morgan fingerprint density at radius 2 is 2.15 bits per heavy atom. The first-order valence-corrected chi connectivity index (χ1v) is 8.34. The normalized spacial score (nSPS) is 16.0. The van der Waals surface area contributed by atoms with E-state index in [1.54, 1.807) is 19.4 Å². The predicted octanol–water partition coefficient (Wildman–Crippen LogP) is 1.43. The summed E-state index contributed by atoms with van der Waals surface area (Å²) in [5.74, 6) is -0.909. The number of methoxy groups -OCH3 is 1. The fraction of sp³-hybridized carbons (Fsp3) is 0.222. The Labute approximate surface area is 154 Å². The summed E-state index contributed by atoms with van der Waals surface area (Å²) in [6.45, 7) is 0.283. The highest BCUT2D eigenvalue weighted by Crippen LogP contribution is 2.29. The van der Waals surface area contributed by atoms with Gasteiger partial charge in [-0.15, -0.1) is 0 Å². The van der Waals surface area contributed by atoms with Crippen molar-refractivity contribution in [3.05, 3.63) is 59.9 Å². The molecule has 2 aromatic heterocycles. The number of para-hydroxylation sites is 2. The molecular formula is C18H17N5O4. The quantitative estimate of drug-likeness (QED) is 0.721. The summed E-state index contributed by atoms with van der Waals surface area (Å²) < 4.78 is 6.85. The van der Waals surface area contributed by atoms with Crippen molar-refractivity contribution in [2.24, 2.45) is 0 Å². The van der Waals surface area contributed by atoms with Crippen LogP contribution in [0.5, 0.6) is 5.75 Å². The maximum Gasteiger partial charge on any atom is 0.332 e. The van der Waals surface area contributed by atoms with Gasteiger partial charge in [-0.3, -0.25) is 4.79 Å². The molecule has 0 radical (unpaired) electrons. The number of imidazole rings is 1. The summed E-state index contributed by atoms with van der Waals surface area (Å²) in [6.07, 6.45) is 4.96. The Bertz CT molecular complexity index is 1010. The lowest BCUT2D eigenvalue weighted by Crippen LogP contribution is -2.43. The number of carboxylic acids is 1. The summed E-state index contributed by atoms with van der Waals surface area (Å²) in [5, 5.41) is 13.9. The minimum Gasteiger partial charge on any atom is -0.494 e. The number of fused-ring (bicyclic) bond motifs is 1. The number of carbonyl (C=O) groups is 2. The number of aliphatic carboxylic acids is 1. The highest BCUT2D eigenvalue weighted by Gasteiger charge is 2.38. The van der Waals surface area contributed by atoms with Crippen LogP contribution in [-0.2, 0) is 11.2 Å². The van der Waals surface area contributed by atoms with Gasteiger partial charge in [0.25, 0.3) is 5.91 Å². The van der Waals surface area contributed by atoms with E-state index >= 15 is 0 Å². The SMILES string of the molecule is COc1ccccc1-n1cc(C(=O)N2CCc3[nH]cnc3C2C(=O)O)cn1. The van der Waals surface area contributed by atoms with Gasteiger partial charge in [0, 0.05) is 24.9 Å². The van der Waals surface area contributed by atoms with Crippen molar-refractivity contribution < 1.29 is 19.4 Å². The molecule has 4 rings (SSSR count). The molecule has 0 saturated heterocycles. The molecule has 1 unspecified atom stereocenters. The largest absolute Gasteiger partial charge is 0.494 e. The van der Waals surface area contributed by atoms with Crippen LogP contribution in [0.4, 0.5) is 0 Å². The van der Waals surface area contributed by atoms with Gasteiger partial charge in [-0.25, -0.2) is 14.5 Å². The summed E-state index contributed by atoms with van der Waals surface area (Å²) in [6, 6.07) is 6.16. The van der Waals surface area contributed by atoms with Crippen LogP contribution in [0.15, 0.2) is 43.0 Å². The van der Waals surface area contributed by atoms with Crippen molar-refractivity contribution >= 4 is 11.9 Å². The van der Waals surface area contributed by atoms with Crippen LogP contribution < -0.4 is 4.74 Å². The van der Waals surface area contributed by atoms with Crippen LogP contribution in [0.2, 0.25) is 0 Å². The average molecular weight is 367 g/mol. The number of amides is 1. The number of aromatic nitrogens is 4. The van der Waals surface area contributed by atoms with E-state index in [0.29, 0.717) is 29.1 Å². The van der Waals surface area contributed by atoms with Gasteiger partial charge in [0.1, 0.15) is 11.4 Å². The fourth-order valence-electron chi connectivity index (χ4n) is 3.30.